The lowest BCUT2D eigenvalue weighted by Crippen LogP contribution is -2.36. The van der Waals surface area contributed by atoms with Crippen LogP contribution in [-0.4, -0.2) is 16.6 Å². The number of nitrogens with one attached hydrogen (secondary N) is 1. The van der Waals surface area contributed by atoms with Crippen molar-refractivity contribution in [2.24, 2.45) is 0 Å². The molecule has 0 aliphatic heterocycles. The van der Waals surface area contributed by atoms with Gasteiger partial charge in [0.2, 0.25) is 0 Å². The van der Waals surface area contributed by atoms with Crippen LogP contribution in [0.2, 0.25) is 0 Å². The summed E-state index contributed by atoms with van der Waals surface area (Å²) in [6.45, 7) is 2.91. The van der Waals surface area contributed by atoms with Crippen LogP contribution in [0.15, 0.2) is 24.3 Å². The van der Waals surface area contributed by atoms with Gasteiger partial charge in [0.05, 0.1) is 0 Å². The van der Waals surface area contributed by atoms with E-state index in [1.807, 2.05) is 12.1 Å². The number of halogens is 1. The van der Waals surface area contributed by atoms with Crippen molar-refractivity contribution in [2.75, 3.05) is 5.32 Å². The van der Waals surface area contributed by atoms with Crippen LogP contribution in [0.25, 0.3) is 0 Å². The number of anilines is 1. The molecule has 0 fully saturated rings. The highest BCUT2D eigenvalue weighted by Gasteiger charge is 2.23. The number of hydrogen-bond donors (Lipinski definition) is 2. The minimum absolute atomic E-state index is 0.404. The van der Waals surface area contributed by atoms with Crippen molar-refractivity contribution in [3.8, 4) is 0 Å². The maximum atomic E-state index is 11.4. The molecule has 0 atom stereocenters. The predicted molar refractivity (Wildman–Crippen MR) is 64.1 cm³/mol. The zero-order chi connectivity index (χ0) is 10.8. The fraction of sp³-hybridized carbons (Fsp3) is 0.300. The Hall–Kier alpha value is -0.620. The van der Waals surface area contributed by atoms with E-state index in [1.54, 1.807) is 12.1 Å². The maximum Gasteiger partial charge on any atom is 0.255 e. The Labute approximate surface area is 96.7 Å². The molecule has 1 rings (SSSR count). The third-order valence-corrected chi connectivity index (χ3v) is 2.38. The van der Waals surface area contributed by atoms with E-state index in [-0.39, 0.29) is 0 Å². The molecule has 76 valence electrons. The number of amides is 1. The topological polar surface area (TPSA) is 49.3 Å². The highest BCUT2D eigenvalue weighted by atomic mass is 127. The molecule has 1 aromatic carbocycles. The molecular weight excluding hydrogens is 293 g/mol. The van der Waals surface area contributed by atoms with Gasteiger partial charge >= 0.3 is 0 Å². The van der Waals surface area contributed by atoms with Crippen LogP contribution < -0.4 is 5.32 Å². The van der Waals surface area contributed by atoms with Crippen LogP contribution >= 0.6 is 22.6 Å². The fourth-order valence-corrected chi connectivity index (χ4v) is 1.18. The van der Waals surface area contributed by atoms with Gasteiger partial charge in [-0.2, -0.15) is 0 Å². The van der Waals surface area contributed by atoms with Gasteiger partial charge in [-0.25, -0.2) is 0 Å². The van der Waals surface area contributed by atoms with E-state index in [2.05, 4.69) is 27.9 Å². The molecule has 1 aromatic rings. The molecule has 0 aliphatic rings. The lowest BCUT2D eigenvalue weighted by atomic mass is 10.1. The highest BCUT2D eigenvalue weighted by Crippen LogP contribution is 2.13. The summed E-state index contributed by atoms with van der Waals surface area (Å²) in [5.74, 6) is -0.404. The molecule has 1 amide bonds. The normalized spacial score (nSPS) is 11.1. The molecule has 4 heteroatoms. The largest absolute Gasteiger partial charge is 0.381 e. The number of aliphatic hydroxyl groups is 1. The third kappa shape index (κ3) is 3.26. The van der Waals surface area contributed by atoms with Gasteiger partial charge in [0.25, 0.3) is 5.91 Å². The molecule has 0 saturated heterocycles. The number of hydrogen-bond acceptors (Lipinski definition) is 2. The minimum Gasteiger partial charge on any atom is -0.381 e. The molecule has 3 nitrogen and oxygen atoms in total. The van der Waals surface area contributed by atoms with Crippen LogP contribution in [-0.2, 0) is 4.79 Å². The van der Waals surface area contributed by atoms with E-state index in [0.717, 1.165) is 3.57 Å². The van der Waals surface area contributed by atoms with Crippen LogP contribution in [0.5, 0.6) is 0 Å². The van der Waals surface area contributed by atoms with E-state index in [0.29, 0.717) is 5.69 Å². The van der Waals surface area contributed by atoms with Crippen LogP contribution in [0, 0.1) is 3.57 Å². The van der Waals surface area contributed by atoms with E-state index < -0.39 is 11.5 Å². The Morgan fingerprint density at radius 2 is 1.86 bits per heavy atom. The number of carbonyl (C=O) groups is 1. The summed E-state index contributed by atoms with van der Waals surface area (Å²) in [6, 6.07) is 7.37. The third-order valence-electron chi connectivity index (χ3n) is 1.66. The van der Waals surface area contributed by atoms with Crippen molar-refractivity contribution < 1.29 is 9.90 Å². The quantitative estimate of drug-likeness (QED) is 0.821. The van der Waals surface area contributed by atoms with Gasteiger partial charge in [-0.15, -0.1) is 0 Å². The zero-order valence-corrected chi connectivity index (χ0v) is 10.2. The van der Waals surface area contributed by atoms with E-state index in [4.69, 9.17) is 0 Å². The fourth-order valence-electron chi connectivity index (χ4n) is 0.817. The van der Waals surface area contributed by atoms with E-state index >= 15 is 0 Å². The van der Waals surface area contributed by atoms with Gasteiger partial charge in [0.15, 0.2) is 0 Å². The molecule has 0 bridgehead atoms. The van der Waals surface area contributed by atoms with Gasteiger partial charge in [-0.1, -0.05) is 0 Å². The summed E-state index contributed by atoms with van der Waals surface area (Å²) in [5.41, 5.74) is -0.652. The first kappa shape index (κ1) is 11.5. The van der Waals surface area contributed by atoms with Gasteiger partial charge in [0, 0.05) is 9.26 Å². The standard InChI is InChI=1S/C10H12INO2/c1-10(2,14)9(13)12-8-5-3-7(11)4-6-8/h3-6,14H,1-2H3,(H,12,13). The lowest BCUT2D eigenvalue weighted by Gasteiger charge is -2.16. The Balaban J connectivity index is 2.71. The van der Waals surface area contributed by atoms with Crippen molar-refractivity contribution in [3.05, 3.63) is 27.8 Å². The van der Waals surface area contributed by atoms with Crippen molar-refractivity contribution in [1.29, 1.82) is 0 Å². The molecule has 0 saturated carbocycles. The van der Waals surface area contributed by atoms with E-state index in [1.165, 1.54) is 13.8 Å². The number of carbonyl (C=O) groups excluding carboxylic acids is 1. The van der Waals surface area contributed by atoms with Gasteiger partial charge in [-0.3, -0.25) is 4.79 Å². The Morgan fingerprint density at radius 1 is 1.36 bits per heavy atom. The Morgan fingerprint density at radius 3 is 2.29 bits per heavy atom. The van der Waals surface area contributed by atoms with E-state index in [9.17, 15) is 9.90 Å². The second-order valence-electron chi connectivity index (χ2n) is 3.52. The molecule has 2 N–H and O–H groups in total. The maximum absolute atomic E-state index is 11.4. The first-order valence-electron chi connectivity index (χ1n) is 4.19. The molecule has 0 aromatic heterocycles. The second-order valence-corrected chi connectivity index (χ2v) is 4.77. The average Bonchev–Trinajstić information content (AvgIpc) is 2.07. The SMILES string of the molecule is CC(C)(O)C(=O)Nc1ccc(I)cc1. The smallest absolute Gasteiger partial charge is 0.255 e. The number of benzene rings is 1. The number of rotatable bonds is 2. The van der Waals surface area contributed by atoms with Gasteiger partial charge in [-0.05, 0) is 60.7 Å². The monoisotopic (exact) mass is 305 g/mol. The first-order chi connectivity index (χ1) is 6.39. The molecule has 14 heavy (non-hydrogen) atoms. The summed E-state index contributed by atoms with van der Waals surface area (Å²) in [4.78, 5) is 11.4. The average molecular weight is 305 g/mol. The molecule has 0 unspecified atom stereocenters. The predicted octanol–water partition coefficient (Wildman–Crippen LogP) is 2.00. The summed E-state index contributed by atoms with van der Waals surface area (Å²) in [6.07, 6.45) is 0. The first-order valence-corrected chi connectivity index (χ1v) is 5.27. The Bertz CT molecular complexity index is 327. The summed E-state index contributed by atoms with van der Waals surface area (Å²) < 4.78 is 1.10. The highest BCUT2D eigenvalue weighted by molar-refractivity contribution is 14.1. The summed E-state index contributed by atoms with van der Waals surface area (Å²) >= 11 is 2.18. The van der Waals surface area contributed by atoms with Crippen LogP contribution in [0.3, 0.4) is 0 Å². The molecule has 0 radical (unpaired) electrons. The van der Waals surface area contributed by atoms with Gasteiger partial charge < -0.3 is 10.4 Å². The minimum atomic E-state index is -1.34. The summed E-state index contributed by atoms with van der Waals surface area (Å²) in [5, 5.41) is 12.0. The van der Waals surface area contributed by atoms with Crippen LogP contribution in [0.1, 0.15) is 13.8 Å². The summed E-state index contributed by atoms with van der Waals surface area (Å²) in [7, 11) is 0. The molecule has 0 heterocycles. The van der Waals surface area contributed by atoms with Gasteiger partial charge in [0.1, 0.15) is 5.60 Å². The molecular formula is C10H12INO2. The molecule has 0 aliphatic carbocycles. The van der Waals surface area contributed by atoms with Crippen LogP contribution in [0.4, 0.5) is 5.69 Å². The Kier molecular flexibility index (Phi) is 3.49. The second kappa shape index (κ2) is 4.27. The van der Waals surface area contributed by atoms with Crippen molar-refractivity contribution in [3.63, 3.8) is 0 Å². The van der Waals surface area contributed by atoms with Crippen molar-refractivity contribution in [1.82, 2.24) is 0 Å². The zero-order valence-electron chi connectivity index (χ0n) is 8.04. The molecule has 0 spiro atoms. The lowest BCUT2D eigenvalue weighted by molar-refractivity contribution is -0.130. The van der Waals surface area contributed by atoms with Crippen molar-refractivity contribution in [2.45, 2.75) is 19.4 Å². The van der Waals surface area contributed by atoms with Crippen molar-refractivity contribution >= 4 is 34.2 Å².